The van der Waals surface area contributed by atoms with Crippen LogP contribution in [-0.4, -0.2) is 31.7 Å². The number of benzene rings is 2. The molecule has 0 saturated carbocycles. The molecule has 1 fully saturated rings. The number of carbonyl (C=O) groups is 1. The van der Waals surface area contributed by atoms with E-state index in [0.717, 1.165) is 16.8 Å². The Kier molecular flexibility index (Phi) is 6.34. The van der Waals surface area contributed by atoms with Gasteiger partial charge < -0.3 is 5.32 Å². The number of nitrogens with zero attached hydrogens (tertiary/aromatic N) is 1. The van der Waals surface area contributed by atoms with Crippen LogP contribution in [0, 0.1) is 19.8 Å². The van der Waals surface area contributed by atoms with Crippen LogP contribution in [0.4, 0.5) is 5.69 Å². The van der Waals surface area contributed by atoms with E-state index in [1.54, 1.807) is 6.07 Å². The van der Waals surface area contributed by atoms with Gasteiger partial charge in [0.05, 0.1) is 10.0 Å². The second-order valence-corrected chi connectivity index (χ2v) is 9.66. The van der Waals surface area contributed by atoms with Crippen LogP contribution in [0.2, 0.25) is 10.0 Å². The standard InChI is InChI=1S/C20H22Cl2N2O3S/c1-13-5-3-8-18(14(13)2)23-20(25)15-9-11-24(12-10-15)28(26,27)19-16(21)6-4-7-17(19)22/h3-8,15H,9-12H2,1-2H3,(H,23,25). The van der Waals surface area contributed by atoms with Crippen molar-refractivity contribution < 1.29 is 13.2 Å². The van der Waals surface area contributed by atoms with Crippen molar-refractivity contribution >= 4 is 44.8 Å². The number of anilines is 1. The smallest absolute Gasteiger partial charge is 0.246 e. The van der Waals surface area contributed by atoms with Crippen LogP contribution in [0.3, 0.4) is 0 Å². The number of hydrogen-bond acceptors (Lipinski definition) is 3. The van der Waals surface area contributed by atoms with E-state index in [2.05, 4.69) is 5.32 Å². The lowest BCUT2D eigenvalue weighted by Gasteiger charge is -2.31. The lowest BCUT2D eigenvalue weighted by Crippen LogP contribution is -2.41. The van der Waals surface area contributed by atoms with Crippen molar-refractivity contribution in [1.29, 1.82) is 0 Å². The van der Waals surface area contributed by atoms with Gasteiger partial charge in [0.2, 0.25) is 15.9 Å². The molecule has 0 bridgehead atoms. The lowest BCUT2D eigenvalue weighted by atomic mass is 9.97. The van der Waals surface area contributed by atoms with E-state index in [9.17, 15) is 13.2 Å². The maximum atomic E-state index is 12.9. The van der Waals surface area contributed by atoms with Crippen LogP contribution in [0.1, 0.15) is 24.0 Å². The van der Waals surface area contributed by atoms with Gasteiger partial charge in [-0.3, -0.25) is 4.79 Å². The fraction of sp³-hybridized carbons (Fsp3) is 0.350. The van der Waals surface area contributed by atoms with Crippen molar-refractivity contribution in [2.45, 2.75) is 31.6 Å². The van der Waals surface area contributed by atoms with Gasteiger partial charge >= 0.3 is 0 Å². The third kappa shape index (κ3) is 4.20. The summed E-state index contributed by atoms with van der Waals surface area (Å²) in [5.74, 6) is -0.324. The second-order valence-electron chi connectivity index (χ2n) is 6.97. The molecule has 3 rings (SSSR count). The fourth-order valence-electron chi connectivity index (χ4n) is 3.34. The van der Waals surface area contributed by atoms with Crippen LogP contribution in [0.25, 0.3) is 0 Å². The minimum Gasteiger partial charge on any atom is -0.326 e. The summed E-state index contributed by atoms with van der Waals surface area (Å²) in [7, 11) is -3.81. The Balaban J connectivity index is 1.69. The zero-order valence-corrected chi connectivity index (χ0v) is 18.0. The first kappa shape index (κ1) is 21.1. The summed E-state index contributed by atoms with van der Waals surface area (Å²) in [5, 5.41) is 3.17. The van der Waals surface area contributed by atoms with E-state index in [1.807, 2.05) is 32.0 Å². The Morgan fingerprint density at radius 3 is 2.21 bits per heavy atom. The number of nitrogens with one attached hydrogen (secondary N) is 1. The average Bonchev–Trinajstić information content (AvgIpc) is 2.65. The number of carbonyl (C=O) groups excluding carboxylic acids is 1. The molecule has 0 aromatic heterocycles. The highest BCUT2D eigenvalue weighted by Gasteiger charge is 2.34. The molecule has 1 aliphatic heterocycles. The predicted molar refractivity (Wildman–Crippen MR) is 112 cm³/mol. The van der Waals surface area contributed by atoms with E-state index in [1.165, 1.54) is 16.4 Å². The zero-order chi connectivity index (χ0) is 20.5. The molecule has 0 spiro atoms. The third-order valence-electron chi connectivity index (χ3n) is 5.20. The molecule has 1 aliphatic rings. The number of hydrogen-bond donors (Lipinski definition) is 1. The second kappa shape index (κ2) is 8.41. The Morgan fingerprint density at radius 1 is 1.04 bits per heavy atom. The molecule has 1 heterocycles. The van der Waals surface area contributed by atoms with Crippen LogP contribution in [-0.2, 0) is 14.8 Å². The van der Waals surface area contributed by atoms with Gasteiger partial charge in [-0.05, 0) is 56.0 Å². The van der Waals surface area contributed by atoms with Crippen molar-refractivity contribution in [3.8, 4) is 0 Å². The summed E-state index contributed by atoms with van der Waals surface area (Å²) in [5.41, 5.74) is 2.93. The summed E-state index contributed by atoms with van der Waals surface area (Å²) in [6, 6.07) is 10.4. The molecule has 2 aromatic carbocycles. The highest BCUT2D eigenvalue weighted by Crippen LogP contribution is 2.33. The van der Waals surface area contributed by atoms with Crippen molar-refractivity contribution in [3.63, 3.8) is 0 Å². The van der Waals surface area contributed by atoms with Gasteiger partial charge in [0.25, 0.3) is 0 Å². The van der Waals surface area contributed by atoms with Crippen LogP contribution >= 0.6 is 23.2 Å². The van der Waals surface area contributed by atoms with Crippen molar-refractivity contribution in [3.05, 3.63) is 57.6 Å². The quantitative estimate of drug-likeness (QED) is 0.751. The van der Waals surface area contributed by atoms with Gasteiger partial charge in [-0.1, -0.05) is 41.4 Å². The van der Waals surface area contributed by atoms with Crippen LogP contribution < -0.4 is 5.32 Å². The maximum absolute atomic E-state index is 12.9. The monoisotopic (exact) mass is 440 g/mol. The number of piperidine rings is 1. The van der Waals surface area contributed by atoms with Crippen molar-refractivity contribution in [1.82, 2.24) is 4.31 Å². The summed E-state index contributed by atoms with van der Waals surface area (Å²) in [6.07, 6.45) is 0.885. The van der Waals surface area contributed by atoms with E-state index in [0.29, 0.717) is 12.8 Å². The van der Waals surface area contributed by atoms with Gasteiger partial charge in [-0.25, -0.2) is 8.42 Å². The molecule has 1 amide bonds. The Hall–Kier alpha value is -1.60. The number of aryl methyl sites for hydroxylation is 1. The number of halogens is 2. The summed E-state index contributed by atoms with van der Waals surface area (Å²) in [6.45, 7) is 4.45. The SMILES string of the molecule is Cc1cccc(NC(=O)C2CCN(S(=O)(=O)c3c(Cl)cccc3Cl)CC2)c1C. The van der Waals surface area contributed by atoms with Crippen LogP contribution in [0.15, 0.2) is 41.3 Å². The Bertz CT molecular complexity index is 980. The van der Waals surface area contributed by atoms with E-state index in [4.69, 9.17) is 23.2 Å². The molecule has 0 radical (unpaired) electrons. The first-order valence-electron chi connectivity index (χ1n) is 9.03. The molecule has 1 saturated heterocycles. The van der Waals surface area contributed by atoms with Gasteiger partial charge in [0.15, 0.2) is 0 Å². The van der Waals surface area contributed by atoms with E-state index in [-0.39, 0.29) is 39.9 Å². The topological polar surface area (TPSA) is 66.5 Å². The molecule has 2 aromatic rings. The predicted octanol–water partition coefficient (Wildman–Crippen LogP) is 4.65. The Labute approximate surface area is 175 Å². The minimum atomic E-state index is -3.81. The van der Waals surface area contributed by atoms with Crippen LogP contribution in [0.5, 0.6) is 0 Å². The average molecular weight is 441 g/mol. The molecule has 28 heavy (non-hydrogen) atoms. The highest BCUT2D eigenvalue weighted by molar-refractivity contribution is 7.89. The molecule has 8 heteroatoms. The summed E-state index contributed by atoms with van der Waals surface area (Å²) >= 11 is 12.2. The molecular formula is C20H22Cl2N2O3S. The zero-order valence-electron chi connectivity index (χ0n) is 15.7. The molecule has 0 unspecified atom stereocenters. The van der Waals surface area contributed by atoms with Gasteiger partial charge in [0.1, 0.15) is 4.90 Å². The minimum absolute atomic E-state index is 0.0726. The van der Waals surface area contributed by atoms with Crippen molar-refractivity contribution in [2.75, 3.05) is 18.4 Å². The first-order chi connectivity index (χ1) is 13.2. The normalized spacial score (nSPS) is 16.1. The number of rotatable bonds is 4. The van der Waals surface area contributed by atoms with Gasteiger partial charge in [0, 0.05) is 24.7 Å². The number of sulfonamides is 1. The first-order valence-corrected chi connectivity index (χ1v) is 11.2. The fourth-order valence-corrected chi connectivity index (χ4v) is 5.90. The molecule has 5 nitrogen and oxygen atoms in total. The summed E-state index contributed by atoms with van der Waals surface area (Å²) in [4.78, 5) is 12.6. The molecule has 1 N–H and O–H groups in total. The maximum Gasteiger partial charge on any atom is 0.246 e. The Morgan fingerprint density at radius 2 is 1.61 bits per heavy atom. The third-order valence-corrected chi connectivity index (χ3v) is 8.06. The molecule has 0 aliphatic carbocycles. The van der Waals surface area contributed by atoms with Gasteiger partial charge in [-0.2, -0.15) is 4.31 Å². The van der Waals surface area contributed by atoms with E-state index >= 15 is 0 Å². The van der Waals surface area contributed by atoms with Crippen molar-refractivity contribution in [2.24, 2.45) is 5.92 Å². The van der Waals surface area contributed by atoms with E-state index < -0.39 is 10.0 Å². The molecule has 0 atom stereocenters. The molecular weight excluding hydrogens is 419 g/mol. The molecule has 150 valence electrons. The largest absolute Gasteiger partial charge is 0.326 e. The lowest BCUT2D eigenvalue weighted by molar-refractivity contribution is -0.120. The summed E-state index contributed by atoms with van der Waals surface area (Å²) < 4.78 is 27.2. The number of amides is 1. The van der Waals surface area contributed by atoms with Gasteiger partial charge in [-0.15, -0.1) is 0 Å². The highest BCUT2D eigenvalue weighted by atomic mass is 35.5.